The molecule has 0 aromatic carbocycles. The Hall–Kier alpha value is -1.91. The van der Waals surface area contributed by atoms with Crippen molar-refractivity contribution in [3.63, 3.8) is 0 Å². The van der Waals surface area contributed by atoms with Gasteiger partial charge in [0, 0.05) is 6.20 Å². The SMILES string of the molecule is Cc1c(C(F)(F)C(F)(F)F)ncn1-c1ncc(C(F)(F)F)cc1Cl. The van der Waals surface area contributed by atoms with Crippen molar-refractivity contribution >= 4 is 11.6 Å². The van der Waals surface area contributed by atoms with E-state index in [1.807, 2.05) is 0 Å². The molecular weight excluding hydrogens is 374 g/mol. The fourth-order valence-electron chi connectivity index (χ4n) is 1.83. The summed E-state index contributed by atoms with van der Waals surface area (Å²) in [5, 5.41) is -0.591. The third-order valence-electron chi connectivity index (χ3n) is 3.04. The van der Waals surface area contributed by atoms with Crippen LogP contribution in [0.3, 0.4) is 0 Å². The van der Waals surface area contributed by atoms with Crippen LogP contribution in [0.4, 0.5) is 35.1 Å². The number of alkyl halides is 8. The van der Waals surface area contributed by atoms with E-state index in [-0.39, 0.29) is 0 Å². The molecule has 0 spiro atoms. The van der Waals surface area contributed by atoms with E-state index in [1.165, 1.54) is 0 Å². The average Bonchev–Trinajstić information content (AvgIpc) is 2.78. The predicted molar refractivity (Wildman–Crippen MR) is 66.1 cm³/mol. The molecule has 0 saturated carbocycles. The second-order valence-electron chi connectivity index (χ2n) is 4.65. The minimum atomic E-state index is -5.88. The third kappa shape index (κ3) is 3.04. The Bertz CT molecular complexity index is 763. The van der Waals surface area contributed by atoms with Gasteiger partial charge in [-0.3, -0.25) is 4.57 Å². The van der Waals surface area contributed by atoms with Crippen molar-refractivity contribution in [2.45, 2.75) is 25.2 Å². The Morgan fingerprint density at radius 1 is 1.00 bits per heavy atom. The summed E-state index contributed by atoms with van der Waals surface area (Å²) in [6, 6.07) is 0.477. The van der Waals surface area contributed by atoms with Gasteiger partial charge in [-0.15, -0.1) is 0 Å². The molecular formula is C12H6ClF8N3. The molecule has 12 heteroatoms. The normalized spacial score (nSPS) is 13.4. The topological polar surface area (TPSA) is 30.7 Å². The van der Waals surface area contributed by atoms with Crippen LogP contribution in [0.2, 0.25) is 5.02 Å². The van der Waals surface area contributed by atoms with E-state index in [9.17, 15) is 35.1 Å². The average molecular weight is 380 g/mol. The largest absolute Gasteiger partial charge is 0.459 e. The maximum Gasteiger partial charge on any atom is 0.459 e. The zero-order valence-corrected chi connectivity index (χ0v) is 12.2. The fourth-order valence-corrected chi connectivity index (χ4v) is 2.09. The zero-order valence-electron chi connectivity index (χ0n) is 11.5. The number of aromatic nitrogens is 3. The molecule has 2 aromatic heterocycles. The van der Waals surface area contributed by atoms with Gasteiger partial charge in [-0.1, -0.05) is 11.6 Å². The monoisotopic (exact) mass is 379 g/mol. The lowest BCUT2D eigenvalue weighted by Crippen LogP contribution is -2.34. The van der Waals surface area contributed by atoms with Crippen molar-refractivity contribution < 1.29 is 35.1 Å². The lowest BCUT2D eigenvalue weighted by atomic mass is 10.2. The summed E-state index contributed by atoms with van der Waals surface area (Å²) < 4.78 is 102. The first-order valence-electron chi connectivity index (χ1n) is 5.99. The van der Waals surface area contributed by atoms with E-state index in [0.29, 0.717) is 23.2 Å². The molecule has 0 unspecified atom stereocenters. The van der Waals surface area contributed by atoms with Gasteiger partial charge in [0.2, 0.25) is 0 Å². The number of pyridine rings is 1. The molecule has 0 atom stereocenters. The summed E-state index contributed by atoms with van der Waals surface area (Å²) in [6.07, 6.45) is -9.67. The molecule has 24 heavy (non-hydrogen) atoms. The Kier molecular flexibility index (Phi) is 4.28. The number of imidazole rings is 1. The Morgan fingerprint density at radius 2 is 1.58 bits per heavy atom. The highest BCUT2D eigenvalue weighted by molar-refractivity contribution is 6.32. The Labute approximate surface area is 133 Å². The first-order valence-corrected chi connectivity index (χ1v) is 6.36. The lowest BCUT2D eigenvalue weighted by molar-refractivity contribution is -0.291. The van der Waals surface area contributed by atoms with Gasteiger partial charge in [0.1, 0.15) is 12.0 Å². The first kappa shape index (κ1) is 18.4. The van der Waals surface area contributed by atoms with Gasteiger partial charge in [-0.2, -0.15) is 35.1 Å². The molecule has 0 radical (unpaired) electrons. The number of hydrogen-bond donors (Lipinski definition) is 0. The summed E-state index contributed by atoms with van der Waals surface area (Å²) in [7, 11) is 0. The van der Waals surface area contributed by atoms with E-state index >= 15 is 0 Å². The standard InChI is InChI=1S/C12H6ClF8N3/c1-5-8(10(14,15)12(19,20)21)23-4-24(5)9-7(13)2-6(3-22-9)11(16,17)18/h2-4H,1H3. The molecule has 2 heterocycles. The quantitative estimate of drug-likeness (QED) is 0.695. The van der Waals surface area contributed by atoms with Crippen molar-refractivity contribution in [3.8, 4) is 5.82 Å². The summed E-state index contributed by atoms with van der Waals surface area (Å²) in [5.41, 5.74) is -3.45. The van der Waals surface area contributed by atoms with Crippen LogP contribution in [0.25, 0.3) is 5.82 Å². The van der Waals surface area contributed by atoms with Gasteiger partial charge < -0.3 is 0 Å². The highest BCUT2D eigenvalue weighted by Gasteiger charge is 2.61. The third-order valence-corrected chi connectivity index (χ3v) is 3.32. The minimum Gasteiger partial charge on any atom is -0.286 e. The predicted octanol–water partition coefficient (Wildman–Crippen LogP) is 4.90. The maximum absolute atomic E-state index is 13.4. The second kappa shape index (κ2) is 5.57. The molecule has 0 amide bonds. The summed E-state index contributed by atoms with van der Waals surface area (Å²) in [5.74, 6) is -5.69. The Morgan fingerprint density at radius 3 is 2.04 bits per heavy atom. The van der Waals surface area contributed by atoms with Crippen LogP contribution in [0, 0.1) is 6.92 Å². The van der Waals surface area contributed by atoms with Crippen molar-refractivity contribution in [2.75, 3.05) is 0 Å². The number of nitrogens with zero attached hydrogens (tertiary/aromatic N) is 3. The van der Waals surface area contributed by atoms with Gasteiger partial charge in [-0.25, -0.2) is 9.97 Å². The molecule has 0 N–H and O–H groups in total. The highest BCUT2D eigenvalue weighted by atomic mass is 35.5. The van der Waals surface area contributed by atoms with Crippen LogP contribution in [-0.2, 0) is 12.1 Å². The van der Waals surface area contributed by atoms with E-state index in [2.05, 4.69) is 9.97 Å². The van der Waals surface area contributed by atoms with E-state index in [1.54, 1.807) is 0 Å². The van der Waals surface area contributed by atoms with Crippen molar-refractivity contribution in [1.29, 1.82) is 0 Å². The summed E-state index contributed by atoms with van der Waals surface area (Å²) in [4.78, 5) is 6.39. The summed E-state index contributed by atoms with van der Waals surface area (Å²) in [6.45, 7) is 0.887. The molecule has 132 valence electrons. The van der Waals surface area contributed by atoms with Gasteiger partial charge >= 0.3 is 18.3 Å². The van der Waals surface area contributed by atoms with Crippen LogP contribution in [0.5, 0.6) is 0 Å². The molecule has 0 aliphatic carbocycles. The first-order chi connectivity index (χ1) is 10.8. The van der Waals surface area contributed by atoms with Gasteiger partial charge in [0.15, 0.2) is 5.82 Å². The smallest absolute Gasteiger partial charge is 0.286 e. The Balaban J connectivity index is 2.54. The van der Waals surface area contributed by atoms with Crippen molar-refractivity contribution in [1.82, 2.24) is 14.5 Å². The number of rotatable bonds is 2. The number of hydrogen-bond acceptors (Lipinski definition) is 2. The van der Waals surface area contributed by atoms with Crippen LogP contribution >= 0.6 is 11.6 Å². The lowest BCUT2D eigenvalue weighted by Gasteiger charge is -2.18. The van der Waals surface area contributed by atoms with E-state index in [4.69, 9.17) is 11.6 Å². The molecule has 0 saturated heterocycles. The van der Waals surface area contributed by atoms with E-state index in [0.717, 1.165) is 6.92 Å². The molecule has 3 nitrogen and oxygen atoms in total. The minimum absolute atomic E-state index is 0.377. The molecule has 2 aromatic rings. The molecule has 0 fully saturated rings. The molecule has 0 aliphatic rings. The van der Waals surface area contributed by atoms with Crippen LogP contribution in [-0.4, -0.2) is 20.7 Å². The molecule has 0 bridgehead atoms. The zero-order chi connectivity index (χ0) is 18.5. The van der Waals surface area contributed by atoms with Crippen LogP contribution in [0.15, 0.2) is 18.6 Å². The van der Waals surface area contributed by atoms with Crippen LogP contribution < -0.4 is 0 Å². The van der Waals surface area contributed by atoms with Crippen LogP contribution in [0.1, 0.15) is 17.0 Å². The van der Waals surface area contributed by atoms with Crippen molar-refractivity contribution in [2.24, 2.45) is 0 Å². The van der Waals surface area contributed by atoms with Gasteiger partial charge in [-0.05, 0) is 13.0 Å². The van der Waals surface area contributed by atoms with Crippen molar-refractivity contribution in [3.05, 3.63) is 40.6 Å². The van der Waals surface area contributed by atoms with Gasteiger partial charge in [0.05, 0.1) is 16.3 Å². The summed E-state index contributed by atoms with van der Waals surface area (Å²) >= 11 is 5.63. The molecule has 0 aliphatic heterocycles. The maximum atomic E-state index is 13.4. The van der Waals surface area contributed by atoms with Gasteiger partial charge in [0.25, 0.3) is 0 Å². The second-order valence-corrected chi connectivity index (χ2v) is 5.06. The fraction of sp³-hybridized carbons (Fsp3) is 0.333. The number of halogens is 9. The highest BCUT2D eigenvalue weighted by Crippen LogP contribution is 2.44. The molecule has 2 rings (SSSR count). The van der Waals surface area contributed by atoms with E-state index < -0.39 is 46.1 Å².